The van der Waals surface area contributed by atoms with Crippen molar-refractivity contribution in [1.82, 2.24) is 4.40 Å². The predicted octanol–water partition coefficient (Wildman–Crippen LogP) is 2.81. The highest BCUT2D eigenvalue weighted by Crippen LogP contribution is 2.57. The van der Waals surface area contributed by atoms with Gasteiger partial charge in [0, 0.05) is 24.0 Å². The van der Waals surface area contributed by atoms with E-state index in [1.165, 1.54) is 17.4 Å². The first kappa shape index (κ1) is 18.0. The average Bonchev–Trinajstić information content (AvgIpc) is 3.47. The molecule has 0 spiro atoms. The van der Waals surface area contributed by atoms with E-state index in [0.717, 1.165) is 31.5 Å². The minimum absolute atomic E-state index is 0.0419. The summed E-state index contributed by atoms with van der Waals surface area (Å²) in [6.07, 6.45) is 3.23. The molecule has 2 aliphatic heterocycles. The van der Waals surface area contributed by atoms with Crippen molar-refractivity contribution >= 4 is 38.7 Å². The monoisotopic (exact) mass is 441 g/mol. The van der Waals surface area contributed by atoms with Crippen LogP contribution in [0.5, 0.6) is 5.75 Å². The molecule has 3 fully saturated rings. The molecule has 2 aromatic heterocycles. The number of carboxylic acids is 1. The maximum atomic E-state index is 15.5. The lowest BCUT2D eigenvalue weighted by molar-refractivity contribution is 0.0697. The number of aromatic carboxylic acids is 1. The fourth-order valence-electron chi connectivity index (χ4n) is 6.82. The number of carbonyl (C=O) groups is 1. The number of hydrogen-bond donors (Lipinski definition) is 2. The summed E-state index contributed by atoms with van der Waals surface area (Å²) >= 11 is 1.20. The van der Waals surface area contributed by atoms with Crippen LogP contribution in [0.1, 0.15) is 35.3 Å². The number of hydrogen-bond acceptors (Lipinski definition) is 6. The molecule has 7 nitrogen and oxygen atoms in total. The van der Waals surface area contributed by atoms with Crippen molar-refractivity contribution in [1.29, 1.82) is 0 Å². The van der Waals surface area contributed by atoms with E-state index in [4.69, 9.17) is 10.5 Å². The van der Waals surface area contributed by atoms with E-state index >= 15 is 4.39 Å². The number of ether oxygens (including phenoxy) is 1. The SMILES string of the molecule is NC12CCC(C1)C1CN(c3c(F)cc4c(=O)c(C(=O)O)c5scc6n5c4c3OC6)CC12. The zero-order chi connectivity index (χ0) is 21.2. The zero-order valence-electron chi connectivity index (χ0n) is 16.6. The summed E-state index contributed by atoms with van der Waals surface area (Å²) in [5.41, 5.74) is 7.15. The molecule has 3 aromatic rings. The standard InChI is InChI=1S/C22H20FN3O4S/c23-14-3-11-16-19(17(14)25-5-12-9-1-2-22(24,4-9)13(12)6-25)30-7-10-8-31-20(26(10)16)15(18(11)27)21(28)29/h3,8-9,12-13H,1-2,4-7,24H2,(H,28,29). The van der Waals surface area contributed by atoms with Crippen LogP contribution in [-0.4, -0.2) is 34.1 Å². The minimum atomic E-state index is -1.30. The Balaban J connectivity index is 1.48. The van der Waals surface area contributed by atoms with Gasteiger partial charge in [-0.1, -0.05) is 0 Å². The third kappa shape index (κ3) is 2.06. The van der Waals surface area contributed by atoms with Gasteiger partial charge >= 0.3 is 5.97 Å². The van der Waals surface area contributed by atoms with Gasteiger partial charge in [-0.05, 0) is 43.1 Å². The van der Waals surface area contributed by atoms with E-state index in [9.17, 15) is 14.7 Å². The summed E-state index contributed by atoms with van der Waals surface area (Å²) in [7, 11) is 0. The van der Waals surface area contributed by atoms with Gasteiger partial charge in [0.2, 0.25) is 5.43 Å². The number of pyridine rings is 1. The molecule has 0 amide bonds. The summed E-state index contributed by atoms with van der Waals surface area (Å²) in [4.78, 5) is 27.2. The lowest BCUT2D eigenvalue weighted by atomic mass is 9.78. The molecule has 0 radical (unpaired) electrons. The van der Waals surface area contributed by atoms with Crippen LogP contribution in [-0.2, 0) is 6.61 Å². The molecule has 2 aliphatic carbocycles. The summed E-state index contributed by atoms with van der Waals surface area (Å²) in [5.74, 6) is -0.126. The summed E-state index contributed by atoms with van der Waals surface area (Å²) < 4.78 is 23.3. The van der Waals surface area contributed by atoms with Crippen molar-refractivity contribution in [3.05, 3.63) is 38.7 Å². The van der Waals surface area contributed by atoms with E-state index in [2.05, 4.69) is 0 Å². The molecule has 1 aromatic carbocycles. The second-order valence-corrected chi connectivity index (χ2v) is 10.4. The summed E-state index contributed by atoms with van der Waals surface area (Å²) in [6, 6.07) is 1.19. The molecule has 9 heteroatoms. The Labute approximate surface area is 179 Å². The molecule has 1 saturated heterocycles. The molecule has 4 aliphatic rings. The number of thiazole rings is 1. The molecule has 7 rings (SSSR count). The van der Waals surface area contributed by atoms with Gasteiger partial charge in [0.15, 0.2) is 11.6 Å². The summed E-state index contributed by atoms with van der Waals surface area (Å²) in [6.45, 7) is 1.61. The van der Waals surface area contributed by atoms with Gasteiger partial charge in [-0.2, -0.15) is 0 Å². The largest absolute Gasteiger partial charge is 0.483 e. The maximum absolute atomic E-state index is 15.5. The van der Waals surface area contributed by atoms with Crippen LogP contribution < -0.4 is 20.8 Å². The lowest BCUT2D eigenvalue weighted by Crippen LogP contribution is -2.45. The highest BCUT2D eigenvalue weighted by atomic mass is 32.1. The van der Waals surface area contributed by atoms with E-state index < -0.39 is 17.2 Å². The molecule has 4 heterocycles. The fraction of sp³-hybridized carbons (Fsp3) is 0.455. The predicted molar refractivity (Wildman–Crippen MR) is 114 cm³/mol. The van der Waals surface area contributed by atoms with Gasteiger partial charge in [-0.3, -0.25) is 9.20 Å². The molecular weight excluding hydrogens is 421 g/mol. The third-order valence-electron chi connectivity index (χ3n) is 8.11. The lowest BCUT2D eigenvalue weighted by Gasteiger charge is -2.31. The Kier molecular flexibility index (Phi) is 3.23. The zero-order valence-corrected chi connectivity index (χ0v) is 17.4. The van der Waals surface area contributed by atoms with Crippen molar-refractivity contribution < 1.29 is 19.0 Å². The van der Waals surface area contributed by atoms with Crippen LogP contribution in [0.25, 0.3) is 15.7 Å². The topological polar surface area (TPSA) is 97.3 Å². The number of fused-ring (bicyclic) bond motifs is 5. The quantitative estimate of drug-likeness (QED) is 0.635. The number of anilines is 1. The minimum Gasteiger partial charge on any atom is -0.483 e. The van der Waals surface area contributed by atoms with Crippen LogP contribution in [0, 0.1) is 23.6 Å². The van der Waals surface area contributed by atoms with Crippen molar-refractivity contribution in [2.24, 2.45) is 23.5 Å². The van der Waals surface area contributed by atoms with E-state index in [-0.39, 0.29) is 23.1 Å². The van der Waals surface area contributed by atoms with Gasteiger partial charge in [-0.15, -0.1) is 11.3 Å². The molecule has 4 unspecified atom stereocenters. The van der Waals surface area contributed by atoms with Crippen LogP contribution in [0.2, 0.25) is 0 Å². The van der Waals surface area contributed by atoms with Crippen molar-refractivity contribution in [2.75, 3.05) is 18.0 Å². The Morgan fingerprint density at radius 3 is 3.00 bits per heavy atom. The molecule has 160 valence electrons. The van der Waals surface area contributed by atoms with E-state index in [1.807, 2.05) is 4.90 Å². The van der Waals surface area contributed by atoms with Crippen molar-refractivity contribution in [3.8, 4) is 5.75 Å². The fourth-order valence-corrected chi connectivity index (χ4v) is 7.85. The highest BCUT2D eigenvalue weighted by Gasteiger charge is 2.59. The Hall–Kier alpha value is -2.65. The molecule has 3 N–H and O–H groups in total. The number of aromatic nitrogens is 1. The van der Waals surface area contributed by atoms with E-state index in [0.29, 0.717) is 46.1 Å². The number of benzene rings is 1. The number of carboxylic acid groups (broad SMARTS) is 1. The second kappa shape index (κ2) is 5.58. The van der Waals surface area contributed by atoms with Crippen molar-refractivity contribution in [2.45, 2.75) is 31.4 Å². The molecule has 4 atom stereocenters. The number of halogens is 1. The Morgan fingerprint density at radius 1 is 1.39 bits per heavy atom. The number of rotatable bonds is 2. The van der Waals surface area contributed by atoms with Crippen LogP contribution in [0.15, 0.2) is 16.2 Å². The molecule has 2 bridgehead atoms. The first-order chi connectivity index (χ1) is 14.9. The maximum Gasteiger partial charge on any atom is 0.342 e. The van der Waals surface area contributed by atoms with Gasteiger partial charge in [0.25, 0.3) is 0 Å². The second-order valence-electron chi connectivity index (χ2n) is 9.51. The normalized spacial score (nSPS) is 30.5. The van der Waals surface area contributed by atoms with Gasteiger partial charge in [0.05, 0.1) is 11.1 Å². The van der Waals surface area contributed by atoms with Gasteiger partial charge in [-0.25, -0.2) is 9.18 Å². The van der Waals surface area contributed by atoms with E-state index in [1.54, 1.807) is 9.78 Å². The summed E-state index contributed by atoms with van der Waals surface area (Å²) in [5, 5.41) is 11.5. The molecular formula is C22H20FN3O4S. The Bertz CT molecular complexity index is 1400. The molecule has 2 saturated carbocycles. The first-order valence-corrected chi connectivity index (χ1v) is 11.5. The molecule has 31 heavy (non-hydrogen) atoms. The van der Waals surface area contributed by atoms with Gasteiger partial charge in [0.1, 0.15) is 28.2 Å². The van der Waals surface area contributed by atoms with Crippen LogP contribution >= 0.6 is 11.3 Å². The first-order valence-electron chi connectivity index (χ1n) is 10.6. The Morgan fingerprint density at radius 2 is 2.23 bits per heavy atom. The number of nitrogens with zero attached hydrogens (tertiary/aromatic N) is 2. The van der Waals surface area contributed by atoms with Crippen molar-refractivity contribution in [3.63, 3.8) is 0 Å². The van der Waals surface area contributed by atoms with Crippen LogP contribution in [0.3, 0.4) is 0 Å². The third-order valence-corrected chi connectivity index (χ3v) is 9.11. The smallest absolute Gasteiger partial charge is 0.342 e. The van der Waals surface area contributed by atoms with Gasteiger partial charge < -0.3 is 20.5 Å². The van der Waals surface area contributed by atoms with Crippen LogP contribution in [0.4, 0.5) is 10.1 Å². The highest BCUT2D eigenvalue weighted by molar-refractivity contribution is 7.16. The number of nitrogens with two attached hydrogens (primary N) is 1. The average molecular weight is 441 g/mol.